The zero-order valence-corrected chi connectivity index (χ0v) is 14.6. The lowest BCUT2D eigenvalue weighted by Gasteiger charge is -2.44. The summed E-state index contributed by atoms with van der Waals surface area (Å²) in [7, 11) is 0. The number of carbonyl (C=O) groups is 2. The Kier molecular flexibility index (Phi) is 3.86. The molecule has 2 heterocycles. The summed E-state index contributed by atoms with van der Waals surface area (Å²) >= 11 is 5.07. The molecule has 2 amide bonds. The van der Waals surface area contributed by atoms with Crippen molar-refractivity contribution in [2.75, 3.05) is 0 Å². The second-order valence-electron chi connectivity index (χ2n) is 6.10. The SMILES string of the molecule is CCC1(C)NC(=O)C(C2CC2)N(Cc2ccc(Br)s2)C1=O. The third-order valence-corrected chi connectivity index (χ3v) is 6.08. The highest BCUT2D eigenvalue weighted by Crippen LogP contribution is 2.39. The van der Waals surface area contributed by atoms with Crippen LogP contribution in [0.2, 0.25) is 0 Å². The number of hydrogen-bond acceptors (Lipinski definition) is 3. The van der Waals surface area contributed by atoms with Gasteiger partial charge in [0.15, 0.2) is 0 Å². The standard InChI is InChI=1S/C15H19BrN2O2S/c1-3-15(2)14(20)18(8-10-6-7-11(16)21-10)12(9-4-5-9)13(19)17-15/h6-7,9,12H,3-5,8H2,1-2H3,(H,17,19). The lowest BCUT2D eigenvalue weighted by molar-refractivity contribution is -0.156. The first-order chi connectivity index (χ1) is 9.94. The van der Waals surface area contributed by atoms with Crippen LogP contribution >= 0.6 is 27.3 Å². The van der Waals surface area contributed by atoms with Crippen LogP contribution in [0.3, 0.4) is 0 Å². The van der Waals surface area contributed by atoms with Crippen molar-refractivity contribution < 1.29 is 9.59 Å². The molecule has 1 N–H and O–H groups in total. The summed E-state index contributed by atoms with van der Waals surface area (Å²) < 4.78 is 1.05. The van der Waals surface area contributed by atoms with Crippen LogP contribution < -0.4 is 5.32 Å². The highest BCUT2D eigenvalue weighted by Gasteiger charge is 2.51. The van der Waals surface area contributed by atoms with Crippen LogP contribution in [0.15, 0.2) is 15.9 Å². The zero-order valence-electron chi connectivity index (χ0n) is 12.2. The fraction of sp³-hybridized carbons (Fsp3) is 0.600. The van der Waals surface area contributed by atoms with Crippen molar-refractivity contribution in [2.45, 2.75) is 51.2 Å². The molecule has 0 aromatic carbocycles. The second kappa shape index (κ2) is 5.39. The van der Waals surface area contributed by atoms with Crippen molar-refractivity contribution in [1.29, 1.82) is 0 Å². The Balaban J connectivity index is 1.90. The highest BCUT2D eigenvalue weighted by atomic mass is 79.9. The Morgan fingerprint density at radius 2 is 2.14 bits per heavy atom. The summed E-state index contributed by atoms with van der Waals surface area (Å²) in [6.07, 6.45) is 2.69. The molecule has 1 aliphatic carbocycles. The summed E-state index contributed by atoms with van der Waals surface area (Å²) in [5.74, 6) is 0.391. The van der Waals surface area contributed by atoms with Gasteiger partial charge in [-0.2, -0.15) is 0 Å². The van der Waals surface area contributed by atoms with Gasteiger partial charge in [0.2, 0.25) is 11.8 Å². The fourth-order valence-electron chi connectivity index (χ4n) is 2.88. The van der Waals surface area contributed by atoms with E-state index in [2.05, 4.69) is 21.2 Å². The molecule has 0 radical (unpaired) electrons. The molecule has 1 aliphatic heterocycles. The van der Waals surface area contributed by atoms with Gasteiger partial charge in [-0.05, 0) is 60.2 Å². The maximum absolute atomic E-state index is 12.9. The lowest BCUT2D eigenvalue weighted by Crippen LogP contribution is -2.69. The average Bonchev–Trinajstić information content (AvgIpc) is 3.18. The van der Waals surface area contributed by atoms with Crippen LogP contribution in [-0.2, 0) is 16.1 Å². The number of carbonyl (C=O) groups excluding carboxylic acids is 2. The van der Waals surface area contributed by atoms with Gasteiger partial charge in [-0.3, -0.25) is 9.59 Å². The largest absolute Gasteiger partial charge is 0.340 e. The lowest BCUT2D eigenvalue weighted by atomic mass is 9.90. The van der Waals surface area contributed by atoms with Crippen molar-refractivity contribution in [3.8, 4) is 0 Å². The molecule has 2 atom stereocenters. The van der Waals surface area contributed by atoms with Crippen LogP contribution in [0.5, 0.6) is 0 Å². The van der Waals surface area contributed by atoms with Gasteiger partial charge in [0.05, 0.1) is 10.3 Å². The van der Waals surface area contributed by atoms with E-state index in [9.17, 15) is 9.59 Å². The first-order valence-electron chi connectivity index (χ1n) is 7.32. The molecule has 114 valence electrons. The number of amides is 2. The number of nitrogens with zero attached hydrogens (tertiary/aromatic N) is 1. The molecule has 2 unspecified atom stereocenters. The molecule has 2 fully saturated rings. The van der Waals surface area contributed by atoms with E-state index in [-0.39, 0.29) is 17.9 Å². The molecule has 2 aliphatic rings. The quantitative estimate of drug-likeness (QED) is 0.885. The van der Waals surface area contributed by atoms with Crippen LogP contribution in [0.25, 0.3) is 0 Å². The maximum Gasteiger partial charge on any atom is 0.249 e. The number of piperazine rings is 1. The van der Waals surface area contributed by atoms with E-state index in [1.807, 2.05) is 26.0 Å². The highest BCUT2D eigenvalue weighted by molar-refractivity contribution is 9.11. The fourth-order valence-corrected chi connectivity index (χ4v) is 4.36. The Bertz CT molecular complexity index is 584. The monoisotopic (exact) mass is 370 g/mol. The zero-order chi connectivity index (χ0) is 15.2. The number of nitrogens with one attached hydrogen (secondary N) is 1. The van der Waals surface area contributed by atoms with E-state index in [1.54, 1.807) is 16.2 Å². The molecule has 6 heteroatoms. The van der Waals surface area contributed by atoms with E-state index in [0.717, 1.165) is 21.5 Å². The Morgan fingerprint density at radius 3 is 2.67 bits per heavy atom. The van der Waals surface area contributed by atoms with E-state index in [4.69, 9.17) is 0 Å². The van der Waals surface area contributed by atoms with E-state index in [0.29, 0.717) is 18.9 Å². The van der Waals surface area contributed by atoms with E-state index in [1.165, 1.54) is 0 Å². The summed E-state index contributed by atoms with van der Waals surface area (Å²) in [4.78, 5) is 28.3. The van der Waals surface area contributed by atoms with Gasteiger partial charge in [0.1, 0.15) is 11.6 Å². The molecule has 0 spiro atoms. The van der Waals surface area contributed by atoms with Crippen LogP contribution in [0.1, 0.15) is 38.0 Å². The smallest absolute Gasteiger partial charge is 0.249 e. The Morgan fingerprint density at radius 1 is 1.43 bits per heavy atom. The van der Waals surface area contributed by atoms with Gasteiger partial charge in [0.25, 0.3) is 0 Å². The molecule has 4 nitrogen and oxygen atoms in total. The van der Waals surface area contributed by atoms with Gasteiger partial charge in [0, 0.05) is 4.88 Å². The number of thiophene rings is 1. The molecule has 1 saturated carbocycles. The summed E-state index contributed by atoms with van der Waals surface area (Å²) in [6.45, 7) is 4.29. The number of hydrogen-bond donors (Lipinski definition) is 1. The number of halogens is 1. The Hall–Kier alpha value is -0.880. The van der Waals surface area contributed by atoms with Crippen LogP contribution in [0.4, 0.5) is 0 Å². The molecule has 1 aromatic heterocycles. The van der Waals surface area contributed by atoms with Crippen molar-refractivity contribution in [2.24, 2.45) is 5.92 Å². The summed E-state index contributed by atoms with van der Waals surface area (Å²) in [5.41, 5.74) is -0.767. The molecular formula is C15H19BrN2O2S. The minimum Gasteiger partial charge on any atom is -0.340 e. The topological polar surface area (TPSA) is 49.4 Å². The van der Waals surface area contributed by atoms with Gasteiger partial charge >= 0.3 is 0 Å². The van der Waals surface area contributed by atoms with Crippen LogP contribution in [-0.4, -0.2) is 28.3 Å². The van der Waals surface area contributed by atoms with Gasteiger partial charge < -0.3 is 10.2 Å². The third kappa shape index (κ3) is 2.75. The average molecular weight is 371 g/mol. The first-order valence-corrected chi connectivity index (χ1v) is 8.93. The molecular weight excluding hydrogens is 352 g/mol. The second-order valence-corrected chi connectivity index (χ2v) is 8.64. The summed E-state index contributed by atoms with van der Waals surface area (Å²) in [5, 5.41) is 2.95. The van der Waals surface area contributed by atoms with E-state index >= 15 is 0 Å². The van der Waals surface area contributed by atoms with E-state index < -0.39 is 5.54 Å². The van der Waals surface area contributed by atoms with Gasteiger partial charge in [-0.1, -0.05) is 6.92 Å². The molecule has 1 saturated heterocycles. The summed E-state index contributed by atoms with van der Waals surface area (Å²) in [6, 6.07) is 3.71. The maximum atomic E-state index is 12.9. The first kappa shape index (κ1) is 15.0. The van der Waals surface area contributed by atoms with Gasteiger partial charge in [-0.15, -0.1) is 11.3 Å². The molecule has 3 rings (SSSR count). The molecule has 1 aromatic rings. The van der Waals surface area contributed by atoms with Gasteiger partial charge in [-0.25, -0.2) is 0 Å². The van der Waals surface area contributed by atoms with Crippen LogP contribution in [0, 0.1) is 5.92 Å². The third-order valence-electron chi connectivity index (χ3n) is 4.47. The van der Waals surface area contributed by atoms with Crippen molar-refractivity contribution in [1.82, 2.24) is 10.2 Å². The Labute approximate surface area is 137 Å². The number of rotatable bonds is 4. The predicted octanol–water partition coefficient (Wildman–Crippen LogP) is 2.92. The van der Waals surface area contributed by atoms with Crippen molar-refractivity contribution >= 4 is 39.1 Å². The molecule has 0 bridgehead atoms. The normalized spacial score (nSPS) is 29.7. The predicted molar refractivity (Wildman–Crippen MR) is 85.9 cm³/mol. The van der Waals surface area contributed by atoms with Crippen molar-refractivity contribution in [3.63, 3.8) is 0 Å². The minimum atomic E-state index is -0.767. The molecule has 21 heavy (non-hydrogen) atoms. The van der Waals surface area contributed by atoms with Crippen molar-refractivity contribution in [3.05, 3.63) is 20.8 Å². The minimum absolute atomic E-state index is 0.0112.